The summed E-state index contributed by atoms with van der Waals surface area (Å²) in [6.45, 7) is 3.98. The molecular weight excluding hydrogens is 307 g/mol. The molecule has 0 unspecified atom stereocenters. The number of hydrogen-bond donors (Lipinski definition) is 1. The van der Waals surface area contributed by atoms with Gasteiger partial charge in [-0.2, -0.15) is 0 Å². The van der Waals surface area contributed by atoms with E-state index in [1.807, 2.05) is 6.07 Å². The van der Waals surface area contributed by atoms with Crippen molar-refractivity contribution in [1.29, 1.82) is 0 Å². The molecule has 6 rings (SSSR count). The number of benzene rings is 1. The Morgan fingerprint density at radius 3 is 2.96 bits per heavy atom. The lowest BCUT2D eigenvalue weighted by atomic mass is 9.75. The van der Waals surface area contributed by atoms with Crippen molar-refractivity contribution in [1.82, 2.24) is 9.88 Å². The maximum Gasteiger partial charge on any atom is 0.291 e. The second-order valence-electron chi connectivity index (χ2n) is 6.99. The summed E-state index contributed by atoms with van der Waals surface area (Å²) in [5.74, 6) is 0.887. The molecule has 6 heteroatoms. The van der Waals surface area contributed by atoms with Crippen LogP contribution in [0.3, 0.4) is 0 Å². The highest BCUT2D eigenvalue weighted by molar-refractivity contribution is 5.92. The van der Waals surface area contributed by atoms with Gasteiger partial charge in [0.15, 0.2) is 0 Å². The van der Waals surface area contributed by atoms with Crippen LogP contribution in [0.1, 0.15) is 12.8 Å². The summed E-state index contributed by atoms with van der Waals surface area (Å²) < 4.78 is 20.2. The Morgan fingerprint density at radius 1 is 1.29 bits per heavy atom. The number of hydrogen-bond acceptors (Lipinski definition) is 5. The van der Waals surface area contributed by atoms with Crippen LogP contribution in [0.4, 0.5) is 10.2 Å². The number of anilines is 1. The van der Waals surface area contributed by atoms with Crippen LogP contribution < -0.4 is 5.32 Å². The summed E-state index contributed by atoms with van der Waals surface area (Å²) >= 11 is 0. The first-order valence-corrected chi connectivity index (χ1v) is 8.49. The summed E-state index contributed by atoms with van der Waals surface area (Å²) in [4.78, 5) is 11.4. The number of piperidine rings is 3. The van der Waals surface area contributed by atoms with Crippen molar-refractivity contribution in [3.05, 3.63) is 36.3 Å². The van der Waals surface area contributed by atoms with E-state index in [2.05, 4.69) is 20.2 Å². The normalized spacial score (nSPS) is 31.3. The number of aromatic nitrogens is 1. The third kappa shape index (κ3) is 2.17. The van der Waals surface area contributed by atoms with Crippen molar-refractivity contribution in [2.45, 2.75) is 18.4 Å². The zero-order valence-corrected chi connectivity index (χ0v) is 13.3. The first-order valence-electron chi connectivity index (χ1n) is 8.49. The molecule has 1 aromatic carbocycles. The molecule has 3 saturated heterocycles. The first-order chi connectivity index (χ1) is 11.7. The van der Waals surface area contributed by atoms with E-state index in [0.717, 1.165) is 11.9 Å². The van der Waals surface area contributed by atoms with Crippen LogP contribution in [0.15, 0.2) is 35.5 Å². The summed E-state index contributed by atoms with van der Waals surface area (Å²) in [5.41, 5.74) is -0.180. The van der Waals surface area contributed by atoms with E-state index >= 15 is 0 Å². The molecule has 124 valence electrons. The number of ether oxygens (including phenoxy) is 1. The molecule has 5 heterocycles. The summed E-state index contributed by atoms with van der Waals surface area (Å²) in [6, 6.07) is 7.21. The van der Waals surface area contributed by atoms with Crippen molar-refractivity contribution in [3.8, 4) is 0 Å². The highest BCUT2D eigenvalue weighted by Crippen LogP contribution is 2.40. The predicted molar refractivity (Wildman–Crippen MR) is 90.6 cm³/mol. The molecule has 0 radical (unpaired) electrons. The molecule has 2 aromatic rings. The molecule has 0 aliphatic carbocycles. The van der Waals surface area contributed by atoms with Crippen molar-refractivity contribution in [2.24, 2.45) is 10.9 Å². The number of nitrogens with one attached hydrogen (secondary N) is 1. The Kier molecular flexibility index (Phi) is 3.03. The molecule has 2 bridgehead atoms. The number of rotatable bonds is 1. The van der Waals surface area contributed by atoms with Gasteiger partial charge in [-0.15, -0.1) is 0 Å². The van der Waals surface area contributed by atoms with Crippen LogP contribution in [-0.2, 0) is 4.74 Å². The number of halogens is 1. The number of pyridine rings is 1. The minimum absolute atomic E-state index is 0.180. The van der Waals surface area contributed by atoms with E-state index in [9.17, 15) is 4.39 Å². The second kappa shape index (κ2) is 5.14. The maximum atomic E-state index is 13.9. The van der Waals surface area contributed by atoms with Crippen LogP contribution in [0.25, 0.3) is 10.8 Å². The molecule has 1 atom stereocenters. The first kappa shape index (κ1) is 14.2. The molecule has 0 amide bonds. The second-order valence-corrected chi connectivity index (χ2v) is 6.99. The highest BCUT2D eigenvalue weighted by atomic mass is 19.1. The molecule has 4 aliphatic rings. The van der Waals surface area contributed by atoms with Gasteiger partial charge in [-0.25, -0.2) is 14.4 Å². The van der Waals surface area contributed by atoms with Crippen molar-refractivity contribution in [3.63, 3.8) is 0 Å². The van der Waals surface area contributed by atoms with Gasteiger partial charge in [0.25, 0.3) is 6.02 Å². The zero-order chi connectivity index (χ0) is 16.1. The SMILES string of the molecule is Fc1cccc2cnc(NC3=NC[C@@]4(CN5CCC4CC5)O3)cc12. The predicted octanol–water partition coefficient (Wildman–Crippen LogP) is 2.64. The van der Waals surface area contributed by atoms with Crippen LogP contribution in [0.2, 0.25) is 0 Å². The Bertz CT molecular complexity index is 831. The van der Waals surface area contributed by atoms with Crippen molar-refractivity contribution < 1.29 is 9.13 Å². The Labute approximate surface area is 139 Å². The summed E-state index contributed by atoms with van der Waals surface area (Å²) in [6.07, 6.45) is 4.03. The Balaban J connectivity index is 1.37. The third-order valence-electron chi connectivity index (χ3n) is 5.56. The standard InChI is InChI=1S/C18H19FN4O/c19-15-3-1-2-12-9-20-16(8-14(12)15)22-17-21-10-18(24-17)11-23-6-4-13(18)5-7-23/h1-3,8-9,13H,4-7,10-11H2,(H,20,21,22)/t18-/m0/s1. The lowest BCUT2D eigenvalue weighted by molar-refractivity contribution is -0.0829. The number of fused-ring (bicyclic) bond motifs is 3. The van der Waals surface area contributed by atoms with E-state index in [0.29, 0.717) is 29.7 Å². The Morgan fingerprint density at radius 2 is 2.17 bits per heavy atom. The van der Waals surface area contributed by atoms with Gasteiger partial charge in [-0.3, -0.25) is 10.2 Å². The fourth-order valence-electron chi connectivity index (χ4n) is 4.26. The topological polar surface area (TPSA) is 49.8 Å². The van der Waals surface area contributed by atoms with Gasteiger partial charge in [0.05, 0.1) is 6.54 Å². The Hall–Kier alpha value is -2.21. The summed E-state index contributed by atoms with van der Waals surface area (Å²) in [5, 5.41) is 4.45. The lowest BCUT2D eigenvalue weighted by Crippen LogP contribution is -2.61. The lowest BCUT2D eigenvalue weighted by Gasteiger charge is -2.50. The number of amidine groups is 1. The van der Waals surface area contributed by atoms with Gasteiger partial charge in [0, 0.05) is 29.4 Å². The molecule has 3 fully saturated rings. The molecule has 1 aromatic heterocycles. The van der Waals surface area contributed by atoms with E-state index < -0.39 is 0 Å². The minimum Gasteiger partial charge on any atom is -0.455 e. The fraction of sp³-hybridized carbons (Fsp3) is 0.444. The quantitative estimate of drug-likeness (QED) is 0.875. The summed E-state index contributed by atoms with van der Waals surface area (Å²) in [7, 11) is 0. The van der Waals surface area contributed by atoms with Crippen LogP contribution in [-0.4, -0.2) is 47.7 Å². The van der Waals surface area contributed by atoms with Gasteiger partial charge in [0.1, 0.15) is 17.2 Å². The molecule has 24 heavy (non-hydrogen) atoms. The van der Waals surface area contributed by atoms with Crippen molar-refractivity contribution >= 4 is 22.6 Å². The largest absolute Gasteiger partial charge is 0.455 e. The highest BCUT2D eigenvalue weighted by Gasteiger charge is 2.51. The zero-order valence-electron chi connectivity index (χ0n) is 13.3. The number of nitrogens with zero attached hydrogens (tertiary/aromatic N) is 3. The number of aliphatic imine (C=N–C) groups is 1. The van der Waals surface area contributed by atoms with E-state index in [1.54, 1.807) is 18.3 Å². The molecule has 1 N–H and O–H groups in total. The van der Waals surface area contributed by atoms with Crippen molar-refractivity contribution in [2.75, 3.05) is 31.5 Å². The van der Waals surface area contributed by atoms with E-state index in [-0.39, 0.29) is 11.4 Å². The molecule has 1 spiro atoms. The average Bonchev–Trinajstić information content (AvgIpc) is 2.99. The van der Waals surface area contributed by atoms with Gasteiger partial charge >= 0.3 is 0 Å². The average molecular weight is 326 g/mol. The fourth-order valence-corrected chi connectivity index (χ4v) is 4.26. The van der Waals surface area contributed by atoms with Crippen LogP contribution >= 0.6 is 0 Å². The third-order valence-corrected chi connectivity index (χ3v) is 5.56. The van der Waals surface area contributed by atoms with Crippen LogP contribution in [0.5, 0.6) is 0 Å². The van der Waals surface area contributed by atoms with Gasteiger partial charge in [-0.1, -0.05) is 12.1 Å². The molecule has 5 nitrogen and oxygen atoms in total. The molecule has 0 saturated carbocycles. The van der Waals surface area contributed by atoms with Crippen LogP contribution in [0, 0.1) is 11.7 Å². The molecule has 4 aliphatic heterocycles. The van der Waals surface area contributed by atoms with Gasteiger partial charge < -0.3 is 4.74 Å². The van der Waals surface area contributed by atoms with Gasteiger partial charge in [-0.05, 0) is 38.1 Å². The van der Waals surface area contributed by atoms with Gasteiger partial charge in [0.2, 0.25) is 0 Å². The minimum atomic E-state index is -0.249. The van der Waals surface area contributed by atoms with E-state index in [1.165, 1.54) is 32.0 Å². The maximum absolute atomic E-state index is 13.9. The smallest absolute Gasteiger partial charge is 0.291 e. The monoisotopic (exact) mass is 326 g/mol. The van der Waals surface area contributed by atoms with E-state index in [4.69, 9.17) is 4.74 Å². The molecular formula is C18H19FN4O.